The highest BCUT2D eigenvalue weighted by atomic mass is 35.5. The average molecular weight is 304 g/mol. The number of halogens is 1. The summed E-state index contributed by atoms with van der Waals surface area (Å²) in [7, 11) is 0. The second kappa shape index (κ2) is 7.70. The van der Waals surface area contributed by atoms with Gasteiger partial charge in [-0.3, -0.25) is 4.79 Å². The van der Waals surface area contributed by atoms with Crippen molar-refractivity contribution in [3.63, 3.8) is 0 Å². The lowest BCUT2D eigenvalue weighted by Crippen LogP contribution is -2.24. The molecular formula is C17H18ClNO2. The molecule has 0 aliphatic carbocycles. The second-order valence-electron chi connectivity index (χ2n) is 4.66. The summed E-state index contributed by atoms with van der Waals surface area (Å²) in [6, 6.07) is 15.0. The van der Waals surface area contributed by atoms with E-state index in [-0.39, 0.29) is 5.91 Å². The number of hydrogen-bond acceptors (Lipinski definition) is 2. The number of carbonyl (C=O) groups is 1. The molecule has 21 heavy (non-hydrogen) atoms. The number of hydrogen-bond donors (Lipinski definition) is 1. The van der Waals surface area contributed by atoms with E-state index in [0.29, 0.717) is 24.6 Å². The Balaban J connectivity index is 1.87. The number of amides is 1. The van der Waals surface area contributed by atoms with Crippen molar-refractivity contribution >= 4 is 17.5 Å². The molecule has 0 heterocycles. The van der Waals surface area contributed by atoms with Crippen molar-refractivity contribution in [2.24, 2.45) is 0 Å². The molecule has 2 rings (SSSR count). The first-order chi connectivity index (χ1) is 10.2. The van der Waals surface area contributed by atoms with Crippen molar-refractivity contribution in [1.82, 2.24) is 5.32 Å². The maximum absolute atomic E-state index is 11.9. The molecule has 0 aliphatic rings. The maximum Gasteiger partial charge on any atom is 0.224 e. The Morgan fingerprint density at radius 3 is 2.67 bits per heavy atom. The minimum absolute atomic E-state index is 0.0286. The molecular weight excluding hydrogens is 286 g/mol. The maximum atomic E-state index is 11.9. The first kappa shape index (κ1) is 15.4. The minimum atomic E-state index is -0.0286. The van der Waals surface area contributed by atoms with Gasteiger partial charge in [0.05, 0.1) is 13.0 Å². The molecule has 4 heteroatoms. The van der Waals surface area contributed by atoms with E-state index in [1.807, 2.05) is 43.3 Å². The summed E-state index contributed by atoms with van der Waals surface area (Å²) in [4.78, 5) is 11.9. The van der Waals surface area contributed by atoms with Crippen LogP contribution in [0.25, 0.3) is 0 Å². The smallest absolute Gasteiger partial charge is 0.224 e. The third-order valence-corrected chi connectivity index (χ3v) is 3.19. The highest BCUT2D eigenvalue weighted by Crippen LogP contribution is 2.13. The van der Waals surface area contributed by atoms with Crippen LogP contribution in [-0.4, -0.2) is 12.5 Å². The van der Waals surface area contributed by atoms with Gasteiger partial charge in [-0.1, -0.05) is 35.9 Å². The lowest BCUT2D eigenvalue weighted by Gasteiger charge is -2.08. The van der Waals surface area contributed by atoms with E-state index in [2.05, 4.69) is 5.32 Å². The Morgan fingerprint density at radius 2 is 1.90 bits per heavy atom. The molecule has 0 atom stereocenters. The molecule has 0 unspecified atom stereocenters. The molecule has 1 N–H and O–H groups in total. The van der Waals surface area contributed by atoms with E-state index >= 15 is 0 Å². The fourth-order valence-corrected chi connectivity index (χ4v) is 2.22. The van der Waals surface area contributed by atoms with E-state index in [1.54, 1.807) is 12.1 Å². The number of rotatable bonds is 6. The van der Waals surface area contributed by atoms with E-state index in [1.165, 1.54) is 0 Å². The van der Waals surface area contributed by atoms with Crippen LogP contribution in [0.15, 0.2) is 48.5 Å². The van der Waals surface area contributed by atoms with Gasteiger partial charge in [-0.05, 0) is 42.3 Å². The van der Waals surface area contributed by atoms with Gasteiger partial charge in [0.1, 0.15) is 5.75 Å². The highest BCUT2D eigenvalue weighted by molar-refractivity contribution is 6.30. The van der Waals surface area contributed by atoms with Gasteiger partial charge in [0.15, 0.2) is 0 Å². The number of carbonyl (C=O) groups excluding carboxylic acids is 1. The molecule has 0 bridgehead atoms. The van der Waals surface area contributed by atoms with Crippen LogP contribution in [0.1, 0.15) is 18.1 Å². The van der Waals surface area contributed by atoms with Crippen LogP contribution < -0.4 is 10.1 Å². The second-order valence-corrected chi connectivity index (χ2v) is 5.10. The summed E-state index contributed by atoms with van der Waals surface area (Å²) in [6.07, 6.45) is 0.325. The fourth-order valence-electron chi connectivity index (χ4n) is 2.01. The quantitative estimate of drug-likeness (QED) is 0.885. The van der Waals surface area contributed by atoms with Gasteiger partial charge < -0.3 is 10.1 Å². The van der Waals surface area contributed by atoms with E-state index in [4.69, 9.17) is 16.3 Å². The summed E-state index contributed by atoms with van der Waals surface area (Å²) >= 11 is 5.90. The summed E-state index contributed by atoms with van der Waals surface area (Å²) in [5.74, 6) is 0.790. The molecule has 0 fully saturated rings. The summed E-state index contributed by atoms with van der Waals surface area (Å²) < 4.78 is 5.43. The first-order valence-electron chi connectivity index (χ1n) is 6.90. The van der Waals surface area contributed by atoms with E-state index < -0.39 is 0 Å². The zero-order valence-corrected chi connectivity index (χ0v) is 12.7. The van der Waals surface area contributed by atoms with Gasteiger partial charge >= 0.3 is 0 Å². The standard InChI is InChI=1S/C17H18ClNO2/c1-2-21-16-8-4-6-14(10-16)12-19-17(20)11-13-5-3-7-15(18)9-13/h3-10H,2,11-12H2,1H3,(H,19,20). The molecule has 0 saturated heterocycles. The van der Waals surface area contributed by atoms with Gasteiger partial charge in [-0.2, -0.15) is 0 Å². The molecule has 0 radical (unpaired) electrons. The van der Waals surface area contributed by atoms with Gasteiger partial charge in [0, 0.05) is 11.6 Å². The van der Waals surface area contributed by atoms with Crippen LogP contribution in [0, 0.1) is 0 Å². The third-order valence-electron chi connectivity index (χ3n) is 2.95. The minimum Gasteiger partial charge on any atom is -0.494 e. The van der Waals surface area contributed by atoms with Crippen molar-refractivity contribution < 1.29 is 9.53 Å². The van der Waals surface area contributed by atoms with Crippen LogP contribution in [0.2, 0.25) is 5.02 Å². The van der Waals surface area contributed by atoms with E-state index in [9.17, 15) is 4.79 Å². The Morgan fingerprint density at radius 1 is 1.14 bits per heavy atom. The van der Waals surface area contributed by atoms with E-state index in [0.717, 1.165) is 16.9 Å². The zero-order valence-electron chi connectivity index (χ0n) is 11.9. The normalized spacial score (nSPS) is 10.2. The number of ether oxygens (including phenoxy) is 1. The van der Waals surface area contributed by atoms with Crippen molar-refractivity contribution in [1.29, 1.82) is 0 Å². The lowest BCUT2D eigenvalue weighted by molar-refractivity contribution is -0.120. The van der Waals surface area contributed by atoms with Crippen LogP contribution in [0.4, 0.5) is 0 Å². The van der Waals surface area contributed by atoms with Crippen molar-refractivity contribution in [2.45, 2.75) is 19.9 Å². The first-order valence-corrected chi connectivity index (χ1v) is 7.28. The Kier molecular flexibility index (Phi) is 5.64. The van der Waals surface area contributed by atoms with Gasteiger partial charge in [-0.15, -0.1) is 0 Å². The van der Waals surface area contributed by atoms with Crippen LogP contribution in [0.3, 0.4) is 0 Å². The molecule has 0 saturated carbocycles. The largest absolute Gasteiger partial charge is 0.494 e. The Labute approximate surface area is 129 Å². The average Bonchev–Trinajstić information content (AvgIpc) is 2.46. The summed E-state index contributed by atoms with van der Waals surface area (Å²) in [6.45, 7) is 3.06. The zero-order chi connectivity index (χ0) is 15.1. The van der Waals surface area contributed by atoms with Crippen LogP contribution in [0.5, 0.6) is 5.75 Å². The predicted molar refractivity (Wildman–Crippen MR) is 84.6 cm³/mol. The molecule has 1 amide bonds. The molecule has 110 valence electrons. The fraction of sp³-hybridized carbons (Fsp3) is 0.235. The van der Waals surface area contributed by atoms with Crippen LogP contribution >= 0.6 is 11.6 Å². The molecule has 0 aliphatic heterocycles. The van der Waals surface area contributed by atoms with Gasteiger partial charge in [0.2, 0.25) is 5.91 Å². The lowest BCUT2D eigenvalue weighted by atomic mass is 10.1. The molecule has 0 aromatic heterocycles. The van der Waals surface area contributed by atoms with Crippen molar-refractivity contribution in [3.05, 3.63) is 64.7 Å². The number of benzene rings is 2. The molecule has 0 spiro atoms. The van der Waals surface area contributed by atoms with Crippen molar-refractivity contribution in [3.8, 4) is 5.75 Å². The SMILES string of the molecule is CCOc1cccc(CNC(=O)Cc2cccc(Cl)c2)c1. The molecule has 3 nitrogen and oxygen atoms in total. The van der Waals surface area contributed by atoms with Gasteiger partial charge in [-0.25, -0.2) is 0 Å². The molecule has 2 aromatic rings. The predicted octanol–water partition coefficient (Wildman–Crippen LogP) is 3.60. The topological polar surface area (TPSA) is 38.3 Å². The summed E-state index contributed by atoms with van der Waals surface area (Å²) in [5.41, 5.74) is 1.92. The van der Waals surface area contributed by atoms with Crippen molar-refractivity contribution in [2.75, 3.05) is 6.61 Å². The monoisotopic (exact) mass is 303 g/mol. The molecule has 2 aromatic carbocycles. The van der Waals surface area contributed by atoms with Gasteiger partial charge in [0.25, 0.3) is 0 Å². The third kappa shape index (κ3) is 5.12. The van der Waals surface area contributed by atoms with Crippen LogP contribution in [-0.2, 0) is 17.8 Å². The Bertz CT molecular complexity index is 613. The highest BCUT2D eigenvalue weighted by Gasteiger charge is 2.04. The number of nitrogens with one attached hydrogen (secondary N) is 1. The Hall–Kier alpha value is -2.00. The summed E-state index contributed by atoms with van der Waals surface area (Å²) in [5, 5.41) is 3.54.